The largest absolute Gasteiger partial charge is 0.490 e. The van der Waals surface area contributed by atoms with E-state index in [4.69, 9.17) is 9.90 Å². The molecule has 0 aliphatic carbocycles. The molecule has 170 valence electrons. The van der Waals surface area contributed by atoms with Crippen molar-refractivity contribution in [3.8, 4) is 0 Å². The average molecular weight is 459 g/mol. The Labute approximate surface area is 181 Å². The van der Waals surface area contributed by atoms with E-state index in [1.807, 2.05) is 11.3 Å². The van der Waals surface area contributed by atoms with Gasteiger partial charge in [0, 0.05) is 31.4 Å². The number of aliphatic carboxylic acids is 1. The maximum atomic E-state index is 12.0. The monoisotopic (exact) mass is 459 g/mol. The van der Waals surface area contributed by atoms with Crippen molar-refractivity contribution < 1.29 is 27.9 Å². The second-order valence-electron chi connectivity index (χ2n) is 7.76. The number of fused-ring (bicyclic) bond motifs is 1. The third-order valence-electron chi connectivity index (χ3n) is 5.75. The highest BCUT2D eigenvalue weighted by Gasteiger charge is 2.40. The van der Waals surface area contributed by atoms with Gasteiger partial charge >= 0.3 is 12.1 Å². The van der Waals surface area contributed by atoms with Gasteiger partial charge in [-0.3, -0.25) is 9.69 Å². The van der Waals surface area contributed by atoms with Crippen LogP contribution in [0.5, 0.6) is 0 Å². The van der Waals surface area contributed by atoms with Crippen LogP contribution in [0, 0.1) is 5.41 Å². The molecule has 0 atom stereocenters. The summed E-state index contributed by atoms with van der Waals surface area (Å²) in [4.78, 5) is 24.9. The number of aryl methyl sites for hydroxylation is 1. The van der Waals surface area contributed by atoms with Gasteiger partial charge in [0.1, 0.15) is 5.82 Å². The van der Waals surface area contributed by atoms with E-state index in [1.54, 1.807) is 7.05 Å². The fourth-order valence-electron chi connectivity index (χ4n) is 3.97. The summed E-state index contributed by atoms with van der Waals surface area (Å²) in [6, 6.07) is 4.34. The van der Waals surface area contributed by atoms with Crippen molar-refractivity contribution in [1.82, 2.24) is 25.0 Å². The molecule has 4 rings (SSSR count). The minimum absolute atomic E-state index is 0.138. The highest BCUT2D eigenvalue weighted by molar-refractivity contribution is 7.09. The van der Waals surface area contributed by atoms with Crippen LogP contribution in [0.4, 0.5) is 13.2 Å². The minimum Gasteiger partial charge on any atom is -0.475 e. The summed E-state index contributed by atoms with van der Waals surface area (Å²) in [5, 5.41) is 20.3. The standard InChI is InChI=1S/C17H23N5OS.C2HF3O2/c1-18-16(23)15-20-19-14-4-5-17(12-22(14)15)6-8-21(9-7-17)11-13-3-2-10-24-13;3-2(4,5)1(6)7/h2-3,10H,4-9,11-12H2,1H3,(H,18,23);(H,6,7). The number of carboxylic acids is 1. The maximum absolute atomic E-state index is 12.0. The van der Waals surface area contributed by atoms with E-state index in [9.17, 15) is 18.0 Å². The summed E-state index contributed by atoms with van der Waals surface area (Å²) in [5.41, 5.74) is 0.296. The highest BCUT2D eigenvalue weighted by Crippen LogP contribution is 2.41. The van der Waals surface area contributed by atoms with Gasteiger partial charge in [0.2, 0.25) is 5.82 Å². The smallest absolute Gasteiger partial charge is 0.475 e. The predicted octanol–water partition coefficient (Wildman–Crippen LogP) is 2.56. The third-order valence-corrected chi connectivity index (χ3v) is 6.61. The van der Waals surface area contributed by atoms with Crippen LogP contribution in [0.25, 0.3) is 0 Å². The molecule has 8 nitrogen and oxygen atoms in total. The summed E-state index contributed by atoms with van der Waals surface area (Å²) in [5.74, 6) is -1.47. The average Bonchev–Trinajstić information content (AvgIpc) is 3.38. The molecule has 12 heteroatoms. The van der Waals surface area contributed by atoms with Crippen LogP contribution in [0.1, 0.15) is 40.6 Å². The molecule has 1 fully saturated rings. The Morgan fingerprint density at radius 1 is 1.26 bits per heavy atom. The Morgan fingerprint density at radius 3 is 2.48 bits per heavy atom. The summed E-state index contributed by atoms with van der Waals surface area (Å²) in [6.45, 7) is 4.20. The van der Waals surface area contributed by atoms with E-state index in [0.717, 1.165) is 44.8 Å². The highest BCUT2D eigenvalue weighted by atomic mass is 32.1. The molecular formula is C19H24F3N5O3S. The summed E-state index contributed by atoms with van der Waals surface area (Å²) < 4.78 is 33.8. The number of nitrogens with one attached hydrogen (secondary N) is 1. The zero-order valence-electron chi connectivity index (χ0n) is 17.0. The SMILES string of the molecule is CNC(=O)c1nnc2n1CC1(CC2)CCN(Cc2cccs2)CC1.O=C(O)C(F)(F)F. The topological polar surface area (TPSA) is 100 Å². The van der Waals surface area contributed by atoms with Crippen molar-refractivity contribution >= 4 is 23.2 Å². The van der Waals surface area contributed by atoms with Crippen LogP contribution in [-0.4, -0.2) is 63.0 Å². The number of rotatable bonds is 3. The quantitative estimate of drug-likeness (QED) is 0.732. The van der Waals surface area contributed by atoms with Crippen LogP contribution in [-0.2, 0) is 24.3 Å². The molecule has 1 spiro atoms. The van der Waals surface area contributed by atoms with E-state index >= 15 is 0 Å². The number of piperidine rings is 1. The van der Waals surface area contributed by atoms with Crippen LogP contribution in [0.3, 0.4) is 0 Å². The zero-order valence-corrected chi connectivity index (χ0v) is 17.8. The number of thiophene rings is 1. The Morgan fingerprint density at radius 2 is 1.94 bits per heavy atom. The molecule has 2 aromatic heterocycles. The number of nitrogens with zero attached hydrogens (tertiary/aromatic N) is 4. The lowest BCUT2D eigenvalue weighted by Gasteiger charge is -2.44. The van der Waals surface area contributed by atoms with Gasteiger partial charge in [-0.25, -0.2) is 4.79 Å². The van der Waals surface area contributed by atoms with Gasteiger partial charge in [0.25, 0.3) is 5.91 Å². The normalized spacial score (nSPS) is 18.1. The van der Waals surface area contributed by atoms with Gasteiger partial charge < -0.3 is 15.0 Å². The van der Waals surface area contributed by atoms with E-state index in [-0.39, 0.29) is 5.91 Å². The molecule has 31 heavy (non-hydrogen) atoms. The van der Waals surface area contributed by atoms with Crippen molar-refractivity contribution in [3.05, 3.63) is 34.0 Å². The van der Waals surface area contributed by atoms with Crippen LogP contribution < -0.4 is 5.32 Å². The maximum Gasteiger partial charge on any atom is 0.490 e. The summed E-state index contributed by atoms with van der Waals surface area (Å²) in [6.07, 6.45) is -0.632. The summed E-state index contributed by atoms with van der Waals surface area (Å²) >= 11 is 1.84. The number of halogens is 3. The number of alkyl halides is 3. The van der Waals surface area contributed by atoms with Crippen LogP contribution >= 0.6 is 11.3 Å². The van der Waals surface area contributed by atoms with Crippen molar-refractivity contribution in [1.29, 1.82) is 0 Å². The number of hydrogen-bond donors (Lipinski definition) is 2. The first-order chi connectivity index (χ1) is 14.6. The second-order valence-corrected chi connectivity index (χ2v) is 8.80. The van der Waals surface area contributed by atoms with Gasteiger partial charge in [0.15, 0.2) is 0 Å². The number of carbonyl (C=O) groups is 2. The number of carbonyl (C=O) groups excluding carboxylic acids is 1. The van der Waals surface area contributed by atoms with Gasteiger partial charge in [-0.1, -0.05) is 6.07 Å². The molecule has 0 aromatic carbocycles. The van der Waals surface area contributed by atoms with Gasteiger partial charge in [-0.2, -0.15) is 13.2 Å². The Hall–Kier alpha value is -2.47. The van der Waals surface area contributed by atoms with Crippen molar-refractivity contribution in [2.24, 2.45) is 5.41 Å². The van der Waals surface area contributed by atoms with Crippen LogP contribution in [0.15, 0.2) is 17.5 Å². The first-order valence-corrected chi connectivity index (χ1v) is 10.7. The minimum atomic E-state index is -5.08. The number of likely N-dealkylation sites (tertiary alicyclic amines) is 1. The van der Waals surface area contributed by atoms with Crippen molar-refractivity contribution in [2.45, 2.75) is 44.9 Å². The fourth-order valence-corrected chi connectivity index (χ4v) is 4.72. The first kappa shape index (κ1) is 23.2. The third kappa shape index (κ3) is 5.62. The molecule has 2 aliphatic rings. The zero-order chi connectivity index (χ0) is 22.6. The summed E-state index contributed by atoms with van der Waals surface area (Å²) in [7, 11) is 1.64. The molecule has 1 amide bonds. The van der Waals surface area contributed by atoms with Crippen molar-refractivity contribution in [3.63, 3.8) is 0 Å². The lowest BCUT2D eigenvalue weighted by Crippen LogP contribution is -2.44. The molecule has 1 saturated heterocycles. The van der Waals surface area contributed by atoms with Gasteiger partial charge in [-0.05, 0) is 49.2 Å². The molecule has 2 aromatic rings. The number of aromatic nitrogens is 3. The van der Waals surface area contributed by atoms with Crippen molar-refractivity contribution in [2.75, 3.05) is 20.1 Å². The molecular weight excluding hydrogens is 435 g/mol. The Kier molecular flexibility index (Phi) is 6.99. The Bertz CT molecular complexity index is 906. The number of amides is 1. The molecule has 2 N–H and O–H groups in total. The van der Waals surface area contributed by atoms with E-state index in [1.165, 1.54) is 17.7 Å². The van der Waals surface area contributed by atoms with Crippen LogP contribution in [0.2, 0.25) is 0 Å². The molecule has 2 aliphatic heterocycles. The molecule has 0 unspecified atom stereocenters. The van der Waals surface area contributed by atoms with E-state index < -0.39 is 12.1 Å². The van der Waals surface area contributed by atoms with Gasteiger partial charge in [-0.15, -0.1) is 21.5 Å². The molecule has 0 bridgehead atoms. The predicted molar refractivity (Wildman–Crippen MR) is 107 cm³/mol. The van der Waals surface area contributed by atoms with E-state index in [0.29, 0.717) is 11.2 Å². The van der Waals surface area contributed by atoms with E-state index in [2.05, 4.69) is 42.5 Å². The number of carboxylic acid groups (broad SMARTS) is 1. The molecule has 0 saturated carbocycles. The van der Waals surface area contributed by atoms with Gasteiger partial charge in [0.05, 0.1) is 0 Å². The first-order valence-electron chi connectivity index (χ1n) is 9.82. The second kappa shape index (κ2) is 9.35. The lowest BCUT2D eigenvalue weighted by molar-refractivity contribution is -0.192. The molecule has 4 heterocycles. The number of hydrogen-bond acceptors (Lipinski definition) is 6. The lowest BCUT2D eigenvalue weighted by atomic mass is 9.73. The Balaban J connectivity index is 0.000000339. The molecule has 0 radical (unpaired) electrons. The fraction of sp³-hybridized carbons (Fsp3) is 0.579.